The lowest BCUT2D eigenvalue weighted by Crippen LogP contribution is -2.12. The number of rotatable bonds is 3. The molecule has 8 nitrogen and oxygen atoms in total. The minimum atomic E-state index is -3.79. The molecule has 0 amide bonds. The van der Waals surface area contributed by atoms with Crippen molar-refractivity contribution in [2.24, 2.45) is 0 Å². The predicted octanol–water partition coefficient (Wildman–Crippen LogP) is 1.80. The molecule has 2 aromatic carbocycles. The number of aromatic amines is 2. The molecular weight excluding hydrogens is 320 g/mol. The maximum absolute atomic E-state index is 12.5. The average molecular weight is 330 g/mol. The Kier molecular flexibility index (Phi) is 2.78. The summed E-state index contributed by atoms with van der Waals surface area (Å²) in [6.07, 6.45) is 1.61. The summed E-state index contributed by atoms with van der Waals surface area (Å²) in [7, 11) is -3.79. The molecule has 4 aromatic rings. The van der Waals surface area contributed by atoms with Crippen molar-refractivity contribution < 1.29 is 12.8 Å². The number of hydrogen-bond acceptors (Lipinski definition) is 5. The highest BCUT2D eigenvalue weighted by atomic mass is 32.2. The lowest BCUT2D eigenvalue weighted by molar-refractivity contribution is 0.555. The summed E-state index contributed by atoms with van der Waals surface area (Å²) in [5.41, 5.74) is 1.85. The molecule has 0 aliphatic rings. The van der Waals surface area contributed by atoms with Crippen LogP contribution in [0.25, 0.3) is 22.0 Å². The van der Waals surface area contributed by atoms with E-state index in [1.807, 2.05) is 0 Å². The van der Waals surface area contributed by atoms with Crippen LogP contribution < -0.4 is 10.5 Å². The van der Waals surface area contributed by atoms with Crippen LogP contribution in [-0.2, 0) is 10.0 Å². The van der Waals surface area contributed by atoms with Crippen molar-refractivity contribution >= 4 is 37.7 Å². The minimum Gasteiger partial charge on any atom is -0.408 e. The number of anilines is 1. The number of sulfonamides is 1. The topological polar surface area (TPSA) is 121 Å². The van der Waals surface area contributed by atoms with Crippen molar-refractivity contribution in [3.8, 4) is 0 Å². The third-order valence-electron chi connectivity index (χ3n) is 3.39. The van der Waals surface area contributed by atoms with Crippen LogP contribution in [0, 0.1) is 0 Å². The van der Waals surface area contributed by atoms with Crippen molar-refractivity contribution in [3.63, 3.8) is 0 Å². The van der Waals surface area contributed by atoms with Crippen LogP contribution in [0.5, 0.6) is 0 Å². The van der Waals surface area contributed by atoms with Gasteiger partial charge in [0.2, 0.25) is 0 Å². The quantitative estimate of drug-likeness (QED) is 0.529. The van der Waals surface area contributed by atoms with Crippen molar-refractivity contribution in [3.05, 3.63) is 53.1 Å². The van der Waals surface area contributed by atoms with Gasteiger partial charge in [-0.25, -0.2) is 13.2 Å². The number of aromatic nitrogens is 3. The number of hydrogen-bond donors (Lipinski definition) is 3. The molecule has 9 heteroatoms. The SMILES string of the molecule is O=c1[nH]c2cc(S(=O)(=O)Nc3ccc4[nH]ncc4c3)ccc2o1. The molecule has 0 saturated carbocycles. The Morgan fingerprint density at radius 1 is 1.09 bits per heavy atom. The van der Waals surface area contributed by atoms with E-state index in [1.165, 1.54) is 18.2 Å². The lowest BCUT2D eigenvalue weighted by Gasteiger charge is -2.08. The minimum absolute atomic E-state index is 0.0225. The van der Waals surface area contributed by atoms with Gasteiger partial charge in [0.05, 0.1) is 22.1 Å². The van der Waals surface area contributed by atoms with Crippen molar-refractivity contribution in [1.82, 2.24) is 15.2 Å². The maximum atomic E-state index is 12.5. The first kappa shape index (κ1) is 13.6. The molecule has 4 rings (SSSR count). The van der Waals surface area contributed by atoms with Gasteiger partial charge in [0, 0.05) is 11.1 Å². The van der Waals surface area contributed by atoms with E-state index in [-0.39, 0.29) is 4.90 Å². The lowest BCUT2D eigenvalue weighted by atomic mass is 10.2. The second kappa shape index (κ2) is 4.71. The molecule has 3 N–H and O–H groups in total. The van der Waals surface area contributed by atoms with Gasteiger partial charge >= 0.3 is 5.76 Å². The van der Waals surface area contributed by atoms with E-state index in [0.717, 1.165) is 10.9 Å². The molecule has 0 radical (unpaired) electrons. The van der Waals surface area contributed by atoms with Crippen LogP contribution in [0.1, 0.15) is 0 Å². The largest absolute Gasteiger partial charge is 0.417 e. The number of oxazole rings is 1. The van der Waals surface area contributed by atoms with Gasteiger partial charge in [0.15, 0.2) is 5.58 Å². The second-order valence-electron chi connectivity index (χ2n) is 4.95. The molecule has 116 valence electrons. The van der Waals surface area contributed by atoms with Crippen molar-refractivity contribution in [2.75, 3.05) is 4.72 Å². The Bertz CT molecular complexity index is 1190. The van der Waals surface area contributed by atoms with Gasteiger partial charge in [-0.05, 0) is 36.4 Å². The zero-order valence-electron chi connectivity index (χ0n) is 11.5. The molecule has 23 heavy (non-hydrogen) atoms. The highest BCUT2D eigenvalue weighted by Crippen LogP contribution is 2.22. The Morgan fingerprint density at radius 3 is 2.83 bits per heavy atom. The highest BCUT2D eigenvalue weighted by molar-refractivity contribution is 7.92. The van der Waals surface area contributed by atoms with Crippen LogP contribution in [-0.4, -0.2) is 23.6 Å². The summed E-state index contributed by atoms with van der Waals surface area (Å²) in [6, 6.07) is 9.19. The fourth-order valence-electron chi connectivity index (χ4n) is 2.32. The van der Waals surface area contributed by atoms with E-state index in [4.69, 9.17) is 4.42 Å². The fraction of sp³-hybridized carbons (Fsp3) is 0. The fourth-order valence-corrected chi connectivity index (χ4v) is 3.39. The van der Waals surface area contributed by atoms with Crippen LogP contribution in [0.15, 0.2) is 56.7 Å². The normalized spacial score (nSPS) is 12.0. The molecule has 0 aliphatic heterocycles. The van der Waals surface area contributed by atoms with E-state index >= 15 is 0 Å². The molecule has 0 unspecified atom stereocenters. The summed E-state index contributed by atoms with van der Waals surface area (Å²) in [5, 5.41) is 7.47. The van der Waals surface area contributed by atoms with Crippen LogP contribution in [0.4, 0.5) is 5.69 Å². The van der Waals surface area contributed by atoms with Crippen LogP contribution in [0.3, 0.4) is 0 Å². The van der Waals surface area contributed by atoms with E-state index in [1.54, 1.807) is 24.4 Å². The molecule has 0 bridgehead atoms. The van der Waals surface area contributed by atoms with Gasteiger partial charge in [-0.1, -0.05) is 0 Å². The van der Waals surface area contributed by atoms with Crippen molar-refractivity contribution in [2.45, 2.75) is 4.90 Å². The maximum Gasteiger partial charge on any atom is 0.417 e. The first-order valence-corrected chi connectivity index (χ1v) is 8.08. The van der Waals surface area contributed by atoms with E-state index in [0.29, 0.717) is 16.8 Å². The molecule has 0 fully saturated rings. The number of H-pyrrole nitrogens is 2. The zero-order valence-corrected chi connectivity index (χ0v) is 12.3. The molecule has 0 spiro atoms. The third-order valence-corrected chi connectivity index (χ3v) is 4.77. The molecule has 0 saturated heterocycles. The Hall–Kier alpha value is -3.07. The molecule has 2 heterocycles. The Morgan fingerprint density at radius 2 is 1.96 bits per heavy atom. The van der Waals surface area contributed by atoms with E-state index < -0.39 is 15.8 Å². The predicted molar refractivity (Wildman–Crippen MR) is 83.7 cm³/mol. The number of benzene rings is 2. The monoisotopic (exact) mass is 330 g/mol. The molecule has 0 atom stereocenters. The summed E-state index contributed by atoms with van der Waals surface area (Å²) in [5.74, 6) is -0.632. The van der Waals surface area contributed by atoms with Gasteiger partial charge in [0.1, 0.15) is 0 Å². The van der Waals surface area contributed by atoms with Gasteiger partial charge < -0.3 is 4.42 Å². The van der Waals surface area contributed by atoms with E-state index in [9.17, 15) is 13.2 Å². The first-order valence-electron chi connectivity index (χ1n) is 6.60. The Labute approximate surface area is 129 Å². The summed E-state index contributed by atoms with van der Waals surface area (Å²) >= 11 is 0. The number of fused-ring (bicyclic) bond motifs is 2. The summed E-state index contributed by atoms with van der Waals surface area (Å²) < 4.78 is 32.3. The molecule has 2 aromatic heterocycles. The summed E-state index contributed by atoms with van der Waals surface area (Å²) in [4.78, 5) is 13.6. The van der Waals surface area contributed by atoms with Gasteiger partial charge in [0.25, 0.3) is 10.0 Å². The van der Waals surface area contributed by atoms with Gasteiger partial charge in [-0.2, -0.15) is 5.10 Å². The Balaban J connectivity index is 1.74. The highest BCUT2D eigenvalue weighted by Gasteiger charge is 2.16. The smallest absolute Gasteiger partial charge is 0.408 e. The van der Waals surface area contributed by atoms with Crippen LogP contribution in [0.2, 0.25) is 0 Å². The van der Waals surface area contributed by atoms with Gasteiger partial charge in [-0.15, -0.1) is 0 Å². The first-order chi connectivity index (χ1) is 11.0. The van der Waals surface area contributed by atoms with Crippen molar-refractivity contribution in [1.29, 1.82) is 0 Å². The standard InChI is InChI=1S/C14H10N4O4S/c19-14-16-12-6-10(2-4-13(12)22-14)23(20,21)18-9-1-3-11-8(5-9)7-15-17-11/h1-7,18H,(H,15,17)(H,16,19). The number of nitrogens with one attached hydrogen (secondary N) is 3. The second-order valence-corrected chi connectivity index (χ2v) is 6.63. The third kappa shape index (κ3) is 2.36. The zero-order chi connectivity index (χ0) is 16.0. The molecule has 0 aliphatic carbocycles. The van der Waals surface area contributed by atoms with Gasteiger partial charge in [-0.3, -0.25) is 14.8 Å². The van der Waals surface area contributed by atoms with E-state index in [2.05, 4.69) is 19.9 Å². The summed E-state index contributed by atoms with van der Waals surface area (Å²) in [6.45, 7) is 0. The number of nitrogens with zero attached hydrogens (tertiary/aromatic N) is 1. The molecular formula is C14H10N4O4S. The average Bonchev–Trinajstić information content (AvgIpc) is 3.10. The van der Waals surface area contributed by atoms with Crippen LogP contribution >= 0.6 is 0 Å².